The van der Waals surface area contributed by atoms with E-state index in [1.165, 1.54) is 0 Å². The molecule has 0 aliphatic carbocycles. The van der Waals surface area contributed by atoms with Crippen molar-refractivity contribution in [3.05, 3.63) is 35.9 Å². The first-order valence-electron chi connectivity index (χ1n) is 4.97. The van der Waals surface area contributed by atoms with Gasteiger partial charge in [-0.15, -0.1) is 0 Å². The zero-order valence-corrected chi connectivity index (χ0v) is 9.29. The second kappa shape index (κ2) is 6.42. The van der Waals surface area contributed by atoms with E-state index in [9.17, 15) is 14.4 Å². The Bertz CT molecular complexity index is 399. The van der Waals surface area contributed by atoms with Gasteiger partial charge in [0.15, 0.2) is 0 Å². The third-order valence-electron chi connectivity index (χ3n) is 1.83. The van der Waals surface area contributed by atoms with Gasteiger partial charge in [0, 0.05) is 6.92 Å². The molecule has 0 fully saturated rings. The molecule has 0 spiro atoms. The lowest BCUT2D eigenvalue weighted by Crippen LogP contribution is -2.25. The average Bonchev–Trinajstić information content (AvgIpc) is 2.28. The Hall–Kier alpha value is -2.17. The molecule has 0 aromatic heterocycles. The highest BCUT2D eigenvalue weighted by molar-refractivity contribution is 5.76. The summed E-state index contributed by atoms with van der Waals surface area (Å²) in [7, 11) is 0. The van der Waals surface area contributed by atoms with Crippen molar-refractivity contribution in [1.82, 2.24) is 0 Å². The largest absolute Gasteiger partial charge is 0.418 e. The number of rotatable bonds is 5. The fourth-order valence-electron chi connectivity index (χ4n) is 1.18. The molecule has 0 aliphatic rings. The number of carbonyl (C=O) groups is 3. The molecule has 1 unspecified atom stereocenters. The van der Waals surface area contributed by atoms with Gasteiger partial charge in [0.2, 0.25) is 6.29 Å². The Morgan fingerprint density at radius 3 is 2.41 bits per heavy atom. The van der Waals surface area contributed by atoms with Gasteiger partial charge < -0.3 is 9.47 Å². The monoisotopic (exact) mass is 236 g/mol. The maximum Gasteiger partial charge on any atom is 0.313 e. The second-order valence-corrected chi connectivity index (χ2v) is 3.27. The molecule has 17 heavy (non-hydrogen) atoms. The van der Waals surface area contributed by atoms with E-state index in [2.05, 4.69) is 9.47 Å². The Morgan fingerprint density at radius 1 is 1.24 bits per heavy atom. The molecule has 90 valence electrons. The van der Waals surface area contributed by atoms with Crippen molar-refractivity contribution >= 4 is 18.2 Å². The molecule has 1 rings (SSSR count). The van der Waals surface area contributed by atoms with Crippen LogP contribution in [0.1, 0.15) is 12.5 Å². The molecule has 1 atom stereocenters. The molecular weight excluding hydrogens is 224 g/mol. The molecule has 0 N–H and O–H groups in total. The third kappa shape index (κ3) is 4.92. The first-order valence-corrected chi connectivity index (χ1v) is 4.97. The highest BCUT2D eigenvalue weighted by Crippen LogP contribution is 2.02. The number of aldehydes is 1. The molecule has 1 aromatic carbocycles. The summed E-state index contributed by atoms with van der Waals surface area (Å²) in [5, 5.41) is 0. The van der Waals surface area contributed by atoms with Gasteiger partial charge in [-0.3, -0.25) is 14.4 Å². The van der Waals surface area contributed by atoms with Crippen LogP contribution in [-0.4, -0.2) is 24.5 Å². The van der Waals surface area contributed by atoms with Gasteiger partial charge in [-0.2, -0.15) is 0 Å². The molecule has 0 heterocycles. The summed E-state index contributed by atoms with van der Waals surface area (Å²) in [6.07, 6.45) is -1.19. The number of esters is 2. The van der Waals surface area contributed by atoms with Crippen LogP contribution in [0.25, 0.3) is 0 Å². The summed E-state index contributed by atoms with van der Waals surface area (Å²) in [5.74, 6) is -1.32. The molecule has 0 radical (unpaired) electrons. The smallest absolute Gasteiger partial charge is 0.313 e. The number of hydrogen-bond acceptors (Lipinski definition) is 5. The summed E-state index contributed by atoms with van der Waals surface area (Å²) in [5.41, 5.74) is 0.755. The second-order valence-electron chi connectivity index (χ2n) is 3.27. The summed E-state index contributed by atoms with van der Waals surface area (Å²) in [4.78, 5) is 32.4. The van der Waals surface area contributed by atoms with Gasteiger partial charge in [-0.05, 0) is 5.56 Å². The van der Waals surface area contributed by atoms with E-state index >= 15 is 0 Å². The van der Waals surface area contributed by atoms with E-state index in [0.29, 0.717) is 0 Å². The molecule has 0 amide bonds. The summed E-state index contributed by atoms with van der Waals surface area (Å²) < 4.78 is 9.12. The normalized spacial score (nSPS) is 11.4. The topological polar surface area (TPSA) is 69.7 Å². The van der Waals surface area contributed by atoms with E-state index in [4.69, 9.17) is 0 Å². The van der Waals surface area contributed by atoms with Gasteiger partial charge in [0.25, 0.3) is 0 Å². The molecule has 1 aromatic rings. The SMILES string of the molecule is CC(=O)OC(C=O)OC(=O)Cc1ccccc1. The highest BCUT2D eigenvalue weighted by Gasteiger charge is 2.16. The number of hydrogen-bond donors (Lipinski definition) is 0. The van der Waals surface area contributed by atoms with Crippen LogP contribution in [0.5, 0.6) is 0 Å². The molecule has 0 saturated carbocycles. The molecule has 5 nitrogen and oxygen atoms in total. The molecule has 5 heteroatoms. The molecular formula is C12H12O5. The van der Waals surface area contributed by atoms with Crippen LogP contribution in [0.4, 0.5) is 0 Å². The molecule has 0 saturated heterocycles. The minimum Gasteiger partial charge on any atom is -0.418 e. The van der Waals surface area contributed by atoms with Crippen LogP contribution in [0, 0.1) is 0 Å². The maximum absolute atomic E-state index is 11.4. The van der Waals surface area contributed by atoms with Crippen molar-refractivity contribution in [3.8, 4) is 0 Å². The van der Waals surface area contributed by atoms with Crippen molar-refractivity contribution in [2.75, 3.05) is 0 Å². The summed E-state index contributed by atoms with van der Waals surface area (Å²) in [6.45, 7) is 1.13. The van der Waals surface area contributed by atoms with Crippen molar-refractivity contribution < 1.29 is 23.9 Å². The third-order valence-corrected chi connectivity index (χ3v) is 1.83. The quantitative estimate of drug-likeness (QED) is 0.431. The minimum atomic E-state index is -1.47. The van der Waals surface area contributed by atoms with Crippen molar-refractivity contribution in [1.29, 1.82) is 0 Å². The number of ether oxygens (including phenoxy) is 2. The van der Waals surface area contributed by atoms with Gasteiger partial charge in [-0.25, -0.2) is 0 Å². The van der Waals surface area contributed by atoms with Crippen molar-refractivity contribution in [3.63, 3.8) is 0 Å². The summed E-state index contributed by atoms with van der Waals surface area (Å²) >= 11 is 0. The Morgan fingerprint density at radius 2 is 1.88 bits per heavy atom. The zero-order chi connectivity index (χ0) is 12.7. The van der Waals surface area contributed by atoms with Crippen LogP contribution < -0.4 is 0 Å². The minimum absolute atomic E-state index is 0.0203. The lowest BCUT2D eigenvalue weighted by atomic mass is 10.2. The lowest BCUT2D eigenvalue weighted by Gasteiger charge is -2.11. The average molecular weight is 236 g/mol. The van der Waals surface area contributed by atoms with E-state index in [1.807, 2.05) is 6.07 Å². The molecule has 0 bridgehead atoms. The van der Waals surface area contributed by atoms with Crippen molar-refractivity contribution in [2.45, 2.75) is 19.6 Å². The van der Waals surface area contributed by atoms with Gasteiger partial charge in [0.05, 0.1) is 6.42 Å². The number of carbonyl (C=O) groups excluding carboxylic acids is 3. The number of benzene rings is 1. The predicted octanol–water partition coefficient (Wildman–Crippen LogP) is 0.860. The Labute approximate surface area is 98.3 Å². The Kier molecular flexibility index (Phi) is 4.87. The van der Waals surface area contributed by atoms with Crippen LogP contribution in [0.2, 0.25) is 0 Å². The fourth-order valence-corrected chi connectivity index (χ4v) is 1.18. The van der Waals surface area contributed by atoms with E-state index in [-0.39, 0.29) is 12.7 Å². The van der Waals surface area contributed by atoms with Crippen LogP contribution in [0.15, 0.2) is 30.3 Å². The van der Waals surface area contributed by atoms with Crippen molar-refractivity contribution in [2.24, 2.45) is 0 Å². The van der Waals surface area contributed by atoms with Crippen LogP contribution >= 0.6 is 0 Å². The first-order chi connectivity index (χ1) is 8.11. The Balaban J connectivity index is 2.48. The van der Waals surface area contributed by atoms with E-state index in [0.717, 1.165) is 12.5 Å². The zero-order valence-electron chi connectivity index (χ0n) is 9.29. The molecule has 0 aliphatic heterocycles. The van der Waals surface area contributed by atoms with Gasteiger partial charge in [-0.1, -0.05) is 30.3 Å². The lowest BCUT2D eigenvalue weighted by molar-refractivity contribution is -0.185. The van der Waals surface area contributed by atoms with Gasteiger partial charge in [0.1, 0.15) is 0 Å². The van der Waals surface area contributed by atoms with Crippen LogP contribution in [0.3, 0.4) is 0 Å². The predicted molar refractivity (Wildman–Crippen MR) is 57.9 cm³/mol. The standard InChI is InChI=1S/C12H12O5/c1-9(14)16-12(8-13)17-11(15)7-10-5-3-2-4-6-10/h2-6,8,12H,7H2,1H3. The fraction of sp³-hybridized carbons (Fsp3) is 0.250. The van der Waals surface area contributed by atoms with Crippen LogP contribution in [-0.2, 0) is 30.3 Å². The maximum atomic E-state index is 11.4. The van der Waals surface area contributed by atoms with E-state index < -0.39 is 18.2 Å². The highest BCUT2D eigenvalue weighted by atomic mass is 16.7. The van der Waals surface area contributed by atoms with Gasteiger partial charge >= 0.3 is 18.2 Å². The first kappa shape index (κ1) is 12.9. The summed E-state index contributed by atoms with van der Waals surface area (Å²) in [6, 6.07) is 8.89. The van der Waals surface area contributed by atoms with E-state index in [1.54, 1.807) is 24.3 Å².